The Morgan fingerprint density at radius 3 is 2.69 bits per heavy atom. The van der Waals surface area contributed by atoms with Gasteiger partial charge in [0.2, 0.25) is 10.0 Å². The molecule has 3 atom stereocenters. The van der Waals surface area contributed by atoms with Gasteiger partial charge in [0.05, 0.1) is 6.61 Å². The fourth-order valence-electron chi connectivity index (χ4n) is 3.93. The van der Waals surface area contributed by atoms with Crippen LogP contribution in [0.25, 0.3) is 6.08 Å². The summed E-state index contributed by atoms with van der Waals surface area (Å²) in [5.41, 5.74) is 2.02. The topological polar surface area (TPSA) is 83.0 Å². The lowest BCUT2D eigenvalue weighted by atomic mass is 10.0. The van der Waals surface area contributed by atoms with Crippen molar-refractivity contribution in [2.24, 2.45) is 5.92 Å². The molecule has 32 heavy (non-hydrogen) atoms. The van der Waals surface area contributed by atoms with Crippen molar-refractivity contribution in [3.8, 4) is 5.75 Å². The van der Waals surface area contributed by atoms with Crippen molar-refractivity contribution < 1.29 is 18.3 Å². The molecule has 8 heteroatoms. The lowest BCUT2D eigenvalue weighted by Crippen LogP contribution is -2.49. The van der Waals surface area contributed by atoms with E-state index in [1.165, 1.54) is 4.31 Å². The highest BCUT2D eigenvalue weighted by Crippen LogP contribution is 2.34. The lowest BCUT2D eigenvalue weighted by Gasteiger charge is -2.37. The summed E-state index contributed by atoms with van der Waals surface area (Å²) < 4.78 is 34.7. The smallest absolute Gasteiger partial charge is 0.247 e. The van der Waals surface area contributed by atoms with E-state index in [0.717, 1.165) is 17.7 Å². The highest BCUT2D eigenvalue weighted by Gasteiger charge is 2.38. The number of nitrogens with zero attached hydrogens (tertiary/aromatic N) is 3. The predicted molar refractivity (Wildman–Crippen MR) is 126 cm³/mol. The first-order valence-corrected chi connectivity index (χ1v) is 12.3. The minimum absolute atomic E-state index is 0.0859. The van der Waals surface area contributed by atoms with Crippen LogP contribution < -0.4 is 4.74 Å². The number of rotatable bonds is 7. The Morgan fingerprint density at radius 2 is 2.03 bits per heavy atom. The Bertz CT molecular complexity index is 1030. The zero-order valence-corrected chi connectivity index (χ0v) is 20.0. The van der Waals surface area contributed by atoms with E-state index in [-0.39, 0.29) is 30.1 Å². The largest absolute Gasteiger partial charge is 0.487 e. The second kappa shape index (κ2) is 10.6. The van der Waals surface area contributed by atoms with E-state index in [9.17, 15) is 13.5 Å². The van der Waals surface area contributed by atoms with Crippen LogP contribution in [0.3, 0.4) is 0 Å². The molecule has 0 saturated heterocycles. The summed E-state index contributed by atoms with van der Waals surface area (Å²) in [6.45, 7) is 7.02. The highest BCUT2D eigenvalue weighted by molar-refractivity contribution is 7.89. The number of hydrogen-bond donors (Lipinski definition) is 1. The number of allylic oxidation sites excluding steroid dienone is 1. The Labute approximate surface area is 191 Å². The second-order valence-corrected chi connectivity index (χ2v) is 10.4. The van der Waals surface area contributed by atoms with Crippen LogP contribution in [-0.2, 0) is 16.6 Å². The number of hydrogen-bond acceptors (Lipinski definition) is 6. The fourth-order valence-corrected chi connectivity index (χ4v) is 5.75. The molecule has 1 aliphatic rings. The van der Waals surface area contributed by atoms with E-state index in [4.69, 9.17) is 4.74 Å². The van der Waals surface area contributed by atoms with Gasteiger partial charge in [-0.2, -0.15) is 4.31 Å². The van der Waals surface area contributed by atoms with Gasteiger partial charge in [0.15, 0.2) is 0 Å². The van der Waals surface area contributed by atoms with Gasteiger partial charge in [-0.05, 0) is 56.3 Å². The van der Waals surface area contributed by atoms with Crippen LogP contribution in [0.5, 0.6) is 5.75 Å². The monoisotopic (exact) mass is 459 g/mol. The van der Waals surface area contributed by atoms with Crippen molar-refractivity contribution in [3.63, 3.8) is 0 Å². The molecular formula is C24H33N3O4S. The molecule has 0 bridgehead atoms. The maximum Gasteiger partial charge on any atom is 0.247 e. The van der Waals surface area contributed by atoms with Gasteiger partial charge in [0, 0.05) is 44.0 Å². The third kappa shape index (κ3) is 5.56. The summed E-state index contributed by atoms with van der Waals surface area (Å²) in [7, 11) is -1.79. The van der Waals surface area contributed by atoms with E-state index in [1.54, 1.807) is 37.5 Å². The van der Waals surface area contributed by atoms with E-state index in [0.29, 0.717) is 12.3 Å². The van der Waals surface area contributed by atoms with Gasteiger partial charge in [-0.3, -0.25) is 9.88 Å². The summed E-state index contributed by atoms with van der Waals surface area (Å²) in [4.78, 5) is 6.37. The van der Waals surface area contributed by atoms with Crippen LogP contribution >= 0.6 is 0 Å². The van der Waals surface area contributed by atoms with Crippen LogP contribution in [-0.4, -0.2) is 66.6 Å². The van der Waals surface area contributed by atoms with E-state index < -0.39 is 16.1 Å². The third-order valence-corrected chi connectivity index (χ3v) is 7.76. The molecule has 0 fully saturated rings. The van der Waals surface area contributed by atoms with Gasteiger partial charge >= 0.3 is 0 Å². The number of likely N-dealkylation sites (N-methyl/N-ethyl adjacent to an activating group) is 1. The van der Waals surface area contributed by atoms with E-state index >= 15 is 0 Å². The van der Waals surface area contributed by atoms with E-state index in [1.807, 2.05) is 45.2 Å². The number of pyridine rings is 1. The van der Waals surface area contributed by atoms with Crippen molar-refractivity contribution in [3.05, 3.63) is 59.9 Å². The summed E-state index contributed by atoms with van der Waals surface area (Å²) in [6, 6.07) is 8.59. The molecule has 0 saturated carbocycles. The average molecular weight is 460 g/mol. The first-order chi connectivity index (χ1) is 15.3. The third-order valence-electron chi connectivity index (χ3n) is 5.74. The molecule has 2 heterocycles. The van der Waals surface area contributed by atoms with Crippen molar-refractivity contribution in [2.45, 2.75) is 44.4 Å². The summed E-state index contributed by atoms with van der Waals surface area (Å²) in [5.74, 6) is 0.266. The zero-order valence-electron chi connectivity index (χ0n) is 19.2. The minimum atomic E-state index is -3.82. The van der Waals surface area contributed by atoms with Crippen LogP contribution in [0.15, 0.2) is 53.7 Å². The molecule has 0 radical (unpaired) electrons. The molecule has 1 N–H and O–H groups in total. The molecule has 0 unspecified atom stereocenters. The molecule has 0 spiro atoms. The maximum absolute atomic E-state index is 13.5. The molecule has 1 aromatic carbocycles. The van der Waals surface area contributed by atoms with Crippen LogP contribution in [0, 0.1) is 5.92 Å². The first kappa shape index (κ1) is 24.4. The molecule has 2 aromatic rings. The molecular weight excluding hydrogens is 426 g/mol. The lowest BCUT2D eigenvalue weighted by molar-refractivity contribution is 0.0733. The summed E-state index contributed by atoms with van der Waals surface area (Å²) in [6.07, 6.45) is 7.14. The van der Waals surface area contributed by atoms with Gasteiger partial charge in [0.25, 0.3) is 0 Å². The number of aliphatic hydroxyl groups excluding tert-OH is 1. The summed E-state index contributed by atoms with van der Waals surface area (Å²) >= 11 is 0. The number of fused-ring (bicyclic) bond motifs is 1. The first-order valence-electron chi connectivity index (χ1n) is 10.9. The van der Waals surface area contributed by atoms with Gasteiger partial charge in [-0.15, -0.1) is 0 Å². The average Bonchev–Trinajstić information content (AvgIpc) is 2.76. The predicted octanol–water partition coefficient (Wildman–Crippen LogP) is 3.02. The van der Waals surface area contributed by atoms with Gasteiger partial charge < -0.3 is 9.84 Å². The van der Waals surface area contributed by atoms with Crippen molar-refractivity contribution in [1.82, 2.24) is 14.2 Å². The Hall–Kier alpha value is -2.26. The van der Waals surface area contributed by atoms with Gasteiger partial charge in [0.1, 0.15) is 16.7 Å². The second-order valence-electron chi connectivity index (χ2n) is 8.50. The number of ether oxygens (including phenoxy) is 1. The van der Waals surface area contributed by atoms with Gasteiger partial charge in [-0.1, -0.05) is 25.1 Å². The van der Waals surface area contributed by atoms with Crippen LogP contribution in [0.2, 0.25) is 0 Å². The van der Waals surface area contributed by atoms with Crippen molar-refractivity contribution in [1.29, 1.82) is 0 Å². The Balaban J connectivity index is 1.97. The molecule has 0 aliphatic carbocycles. The minimum Gasteiger partial charge on any atom is -0.487 e. The Morgan fingerprint density at radius 1 is 1.31 bits per heavy atom. The molecule has 1 aromatic heterocycles. The molecule has 3 rings (SSSR count). The zero-order chi connectivity index (χ0) is 23.3. The summed E-state index contributed by atoms with van der Waals surface area (Å²) in [5, 5.41) is 9.75. The number of benzene rings is 1. The normalized spacial score (nSPS) is 22.2. The molecule has 7 nitrogen and oxygen atoms in total. The number of aromatic nitrogens is 1. The highest BCUT2D eigenvalue weighted by atomic mass is 32.2. The fraction of sp³-hybridized carbons (Fsp3) is 0.458. The number of aliphatic hydroxyl groups is 1. The standard InChI is InChI=1S/C24H33N3O4S/c1-5-6-20-7-8-24-22(13-20)31-23(16-26(4)15-21-9-11-25-12-10-21)18(2)14-27(19(3)17-28)32(24,29)30/h5-13,18-19,23,28H,14-17H2,1-4H3/b6-5+/t18-,19-,23+/m1/s1. The van der Waals surface area contributed by atoms with Gasteiger partial charge in [-0.25, -0.2) is 8.42 Å². The SMILES string of the molecule is C/C=C/c1ccc2c(c1)O[C@@H](CN(C)Cc1ccncc1)[C@H](C)CN([C@H](C)CO)S2(=O)=O. The Kier molecular flexibility index (Phi) is 8.05. The molecule has 1 aliphatic heterocycles. The quantitative estimate of drug-likeness (QED) is 0.685. The molecule has 0 amide bonds. The van der Waals surface area contributed by atoms with Crippen LogP contribution in [0.4, 0.5) is 0 Å². The van der Waals surface area contributed by atoms with Crippen molar-refractivity contribution >= 4 is 16.1 Å². The molecule has 174 valence electrons. The van der Waals surface area contributed by atoms with Crippen molar-refractivity contribution in [2.75, 3.05) is 26.7 Å². The maximum atomic E-state index is 13.5. The van der Waals surface area contributed by atoms with Crippen LogP contribution in [0.1, 0.15) is 31.9 Å². The number of sulfonamides is 1. The van der Waals surface area contributed by atoms with E-state index in [2.05, 4.69) is 9.88 Å².